The molecular formula is C25H29N3O3S2. The fourth-order valence-corrected chi connectivity index (χ4v) is 6.12. The maximum Gasteiger partial charge on any atom is 0.257 e. The quantitative estimate of drug-likeness (QED) is 0.464. The molecule has 1 atom stereocenters. The smallest absolute Gasteiger partial charge is 0.257 e. The summed E-state index contributed by atoms with van der Waals surface area (Å²) in [5.74, 6) is 0.204. The zero-order valence-corrected chi connectivity index (χ0v) is 20.6. The Labute approximate surface area is 199 Å². The Bertz CT molecular complexity index is 1200. The molecule has 6 nitrogen and oxygen atoms in total. The Morgan fingerprint density at radius 1 is 1.06 bits per heavy atom. The van der Waals surface area contributed by atoms with Gasteiger partial charge in [-0.25, -0.2) is 13.4 Å². The first-order valence-corrected chi connectivity index (χ1v) is 13.7. The zero-order chi connectivity index (χ0) is 23.4. The second kappa shape index (κ2) is 10.2. The van der Waals surface area contributed by atoms with Crippen LogP contribution in [0.25, 0.3) is 11.3 Å². The van der Waals surface area contributed by atoms with Crippen molar-refractivity contribution in [2.75, 3.05) is 18.4 Å². The van der Waals surface area contributed by atoms with Crippen LogP contribution in [0.2, 0.25) is 0 Å². The number of nitrogens with one attached hydrogen (secondary N) is 1. The Kier molecular flexibility index (Phi) is 7.26. The molecule has 1 aliphatic heterocycles. The number of aromatic nitrogens is 1. The third-order valence-electron chi connectivity index (χ3n) is 6.18. The molecule has 174 valence electrons. The maximum atomic E-state index is 12.8. The van der Waals surface area contributed by atoms with Crippen LogP contribution < -0.4 is 5.32 Å². The molecule has 3 aromatic rings. The van der Waals surface area contributed by atoms with E-state index in [4.69, 9.17) is 0 Å². The Morgan fingerprint density at radius 2 is 1.73 bits per heavy atom. The number of hydrogen-bond acceptors (Lipinski definition) is 5. The molecule has 2 heterocycles. The lowest BCUT2D eigenvalue weighted by atomic mass is 9.97. The molecule has 0 saturated carbocycles. The van der Waals surface area contributed by atoms with Crippen LogP contribution in [0.15, 0.2) is 58.8 Å². The first kappa shape index (κ1) is 23.6. The number of anilines is 1. The van der Waals surface area contributed by atoms with Gasteiger partial charge in [0.15, 0.2) is 5.13 Å². The predicted octanol–water partition coefficient (Wildman–Crippen LogP) is 5.75. The van der Waals surface area contributed by atoms with Crippen molar-refractivity contribution in [1.29, 1.82) is 0 Å². The topological polar surface area (TPSA) is 79.4 Å². The van der Waals surface area contributed by atoms with Gasteiger partial charge in [0.2, 0.25) is 10.0 Å². The average molecular weight is 484 g/mol. The first-order chi connectivity index (χ1) is 15.9. The van der Waals surface area contributed by atoms with Crippen molar-refractivity contribution < 1.29 is 13.2 Å². The molecule has 1 fully saturated rings. The second-order valence-corrected chi connectivity index (χ2v) is 11.2. The molecule has 0 aliphatic carbocycles. The summed E-state index contributed by atoms with van der Waals surface area (Å²) < 4.78 is 27.1. The zero-order valence-electron chi connectivity index (χ0n) is 19.0. The number of benzene rings is 2. The van der Waals surface area contributed by atoms with E-state index in [1.165, 1.54) is 33.3 Å². The summed E-state index contributed by atoms with van der Waals surface area (Å²) in [5, 5.41) is 5.24. The van der Waals surface area contributed by atoms with E-state index < -0.39 is 10.0 Å². The van der Waals surface area contributed by atoms with Crippen LogP contribution in [0.5, 0.6) is 0 Å². The number of piperidine rings is 1. The van der Waals surface area contributed by atoms with Gasteiger partial charge in [-0.3, -0.25) is 10.1 Å². The number of hydrogen-bond donors (Lipinski definition) is 1. The van der Waals surface area contributed by atoms with E-state index in [1.807, 2.05) is 5.38 Å². The standard InChI is InChI=1S/C25H29N3O3S2/c1-3-18(2)19-7-9-20(10-8-19)23-17-32-25(26-23)27-24(29)21-11-13-22(14-12-21)33(30,31)28-15-5-4-6-16-28/h7-14,17-18H,3-6,15-16H2,1-2H3,(H,26,27,29)/t18-/m0/s1. The Balaban J connectivity index is 1.42. The molecule has 0 unspecified atom stereocenters. The van der Waals surface area contributed by atoms with Crippen molar-refractivity contribution in [3.63, 3.8) is 0 Å². The van der Waals surface area contributed by atoms with Crippen LogP contribution in [0.1, 0.15) is 61.4 Å². The first-order valence-electron chi connectivity index (χ1n) is 11.4. The molecule has 0 bridgehead atoms. The highest BCUT2D eigenvalue weighted by Gasteiger charge is 2.26. The summed E-state index contributed by atoms with van der Waals surface area (Å²) in [6.45, 7) is 5.49. The number of nitrogens with zero attached hydrogens (tertiary/aromatic N) is 2. The van der Waals surface area contributed by atoms with Crippen LogP contribution in [-0.4, -0.2) is 36.7 Å². The molecule has 1 amide bonds. The van der Waals surface area contributed by atoms with Crippen LogP contribution in [-0.2, 0) is 10.0 Å². The van der Waals surface area contributed by atoms with Crippen molar-refractivity contribution in [1.82, 2.24) is 9.29 Å². The normalized spacial score (nSPS) is 15.8. The minimum atomic E-state index is -3.51. The SMILES string of the molecule is CC[C@H](C)c1ccc(-c2csc(NC(=O)c3ccc(S(=O)(=O)N4CCCCC4)cc3)n2)cc1. The lowest BCUT2D eigenvalue weighted by Gasteiger charge is -2.25. The Hall–Kier alpha value is -2.55. The fourth-order valence-electron chi connectivity index (χ4n) is 3.88. The summed E-state index contributed by atoms with van der Waals surface area (Å²) in [4.78, 5) is 17.4. The summed E-state index contributed by atoms with van der Waals surface area (Å²) in [5.41, 5.74) is 3.51. The van der Waals surface area contributed by atoms with Gasteiger partial charge in [0.25, 0.3) is 5.91 Å². The van der Waals surface area contributed by atoms with Crippen molar-refractivity contribution in [3.8, 4) is 11.3 Å². The van der Waals surface area contributed by atoms with Crippen LogP contribution >= 0.6 is 11.3 Å². The molecule has 1 aliphatic rings. The number of amides is 1. The number of carbonyl (C=O) groups is 1. The highest BCUT2D eigenvalue weighted by molar-refractivity contribution is 7.89. The van der Waals surface area contributed by atoms with Gasteiger partial charge in [-0.15, -0.1) is 11.3 Å². The number of carbonyl (C=O) groups excluding carboxylic acids is 1. The number of sulfonamides is 1. The molecule has 8 heteroatoms. The highest BCUT2D eigenvalue weighted by atomic mass is 32.2. The van der Waals surface area contributed by atoms with Crippen LogP contribution in [0.3, 0.4) is 0 Å². The second-order valence-electron chi connectivity index (χ2n) is 8.41. The summed E-state index contributed by atoms with van der Waals surface area (Å²) >= 11 is 1.36. The van der Waals surface area contributed by atoms with Gasteiger partial charge >= 0.3 is 0 Å². The third kappa shape index (κ3) is 5.34. The van der Waals surface area contributed by atoms with E-state index in [2.05, 4.69) is 48.4 Å². The summed E-state index contributed by atoms with van der Waals surface area (Å²) in [7, 11) is -3.51. The van der Waals surface area contributed by atoms with Gasteiger partial charge in [0, 0.05) is 29.6 Å². The van der Waals surface area contributed by atoms with Crippen molar-refractivity contribution in [3.05, 3.63) is 65.0 Å². The van der Waals surface area contributed by atoms with Crippen molar-refractivity contribution >= 4 is 32.4 Å². The third-order valence-corrected chi connectivity index (χ3v) is 8.85. The molecular weight excluding hydrogens is 454 g/mol. The largest absolute Gasteiger partial charge is 0.298 e. The van der Waals surface area contributed by atoms with Gasteiger partial charge in [-0.1, -0.05) is 44.5 Å². The van der Waals surface area contributed by atoms with E-state index >= 15 is 0 Å². The van der Waals surface area contributed by atoms with Gasteiger partial charge in [-0.2, -0.15) is 4.31 Å². The van der Waals surface area contributed by atoms with Crippen molar-refractivity contribution in [2.45, 2.75) is 50.3 Å². The lowest BCUT2D eigenvalue weighted by Crippen LogP contribution is -2.35. The van der Waals surface area contributed by atoms with E-state index in [0.717, 1.165) is 36.9 Å². The van der Waals surface area contributed by atoms with Gasteiger partial charge in [0.05, 0.1) is 10.6 Å². The predicted molar refractivity (Wildman–Crippen MR) is 133 cm³/mol. The Morgan fingerprint density at radius 3 is 2.36 bits per heavy atom. The molecule has 1 aromatic heterocycles. The highest BCUT2D eigenvalue weighted by Crippen LogP contribution is 2.28. The molecule has 4 rings (SSSR count). The molecule has 33 heavy (non-hydrogen) atoms. The van der Waals surface area contributed by atoms with E-state index in [1.54, 1.807) is 12.1 Å². The van der Waals surface area contributed by atoms with Crippen LogP contribution in [0.4, 0.5) is 5.13 Å². The van der Waals surface area contributed by atoms with E-state index in [9.17, 15) is 13.2 Å². The lowest BCUT2D eigenvalue weighted by molar-refractivity contribution is 0.102. The molecule has 1 saturated heterocycles. The van der Waals surface area contributed by atoms with Gasteiger partial charge in [-0.05, 0) is 55.0 Å². The van der Waals surface area contributed by atoms with E-state index in [-0.39, 0.29) is 10.8 Å². The monoisotopic (exact) mass is 483 g/mol. The number of rotatable bonds is 7. The molecule has 1 N–H and O–H groups in total. The molecule has 2 aromatic carbocycles. The fraction of sp³-hybridized carbons (Fsp3) is 0.360. The van der Waals surface area contributed by atoms with Gasteiger partial charge in [0.1, 0.15) is 0 Å². The average Bonchev–Trinajstić information content (AvgIpc) is 3.32. The van der Waals surface area contributed by atoms with Gasteiger partial charge < -0.3 is 0 Å². The van der Waals surface area contributed by atoms with Crippen molar-refractivity contribution in [2.24, 2.45) is 0 Å². The minimum absolute atomic E-state index is 0.221. The maximum absolute atomic E-state index is 12.8. The number of thiazole rings is 1. The minimum Gasteiger partial charge on any atom is -0.298 e. The van der Waals surface area contributed by atoms with Crippen LogP contribution in [0, 0.1) is 0 Å². The summed E-state index contributed by atoms with van der Waals surface area (Å²) in [6, 6.07) is 14.5. The molecule has 0 radical (unpaired) electrons. The van der Waals surface area contributed by atoms with E-state index in [0.29, 0.717) is 29.7 Å². The summed E-state index contributed by atoms with van der Waals surface area (Å²) in [6.07, 6.45) is 3.93. The molecule has 0 spiro atoms.